The topological polar surface area (TPSA) is 80.6 Å². The molecule has 1 fully saturated rings. The third kappa shape index (κ3) is 4.07. The van der Waals surface area contributed by atoms with Gasteiger partial charge in [-0.15, -0.1) is 0 Å². The highest BCUT2D eigenvalue weighted by Gasteiger charge is 2.22. The lowest BCUT2D eigenvalue weighted by Gasteiger charge is -2.34. The summed E-state index contributed by atoms with van der Waals surface area (Å²) in [4.78, 5) is 15.4. The second-order valence-corrected chi connectivity index (χ2v) is 8.58. The molecule has 128 valence electrons. The molecule has 0 N–H and O–H groups in total. The van der Waals surface area contributed by atoms with E-state index in [1.807, 2.05) is 12.1 Å². The number of hydrogen-bond donors (Lipinski definition) is 0. The van der Waals surface area contributed by atoms with E-state index in [-0.39, 0.29) is 6.04 Å². The van der Waals surface area contributed by atoms with Crippen molar-refractivity contribution >= 4 is 21.4 Å². The van der Waals surface area contributed by atoms with Crippen LogP contribution in [0, 0.1) is 0 Å². The molecule has 1 aliphatic heterocycles. The number of morpholine rings is 1. The Kier molecular flexibility index (Phi) is 4.77. The Labute approximate surface area is 142 Å². The molecule has 2 aromatic rings. The van der Waals surface area contributed by atoms with Crippen LogP contribution in [0.2, 0.25) is 0 Å². The third-order valence-corrected chi connectivity index (χ3v) is 4.22. The zero-order valence-electron chi connectivity index (χ0n) is 14.0. The molecule has 0 amide bonds. The number of rotatable bonds is 3. The van der Waals surface area contributed by atoms with E-state index in [0.717, 1.165) is 17.9 Å². The molecule has 1 atom stereocenters. The summed E-state index contributed by atoms with van der Waals surface area (Å²) < 4.78 is 21.8. The van der Waals surface area contributed by atoms with Crippen LogP contribution >= 0.6 is 0 Å². The second kappa shape index (κ2) is 6.82. The summed E-state index contributed by atoms with van der Waals surface area (Å²) in [6.45, 7) is 4.14. The molecule has 3 rings (SSSR count). The average Bonchev–Trinajstić information content (AvgIpc) is 2.54. The Balaban J connectivity index is 2.11. The number of nitrogens with zero attached hydrogens (tertiary/aromatic N) is 5. The predicted molar refractivity (Wildman–Crippen MR) is 95.0 cm³/mol. The smallest absolute Gasteiger partial charge is 0.167 e. The molecule has 0 unspecified atom stereocenters. The lowest BCUT2D eigenvalue weighted by molar-refractivity contribution is 0.0985. The van der Waals surface area contributed by atoms with Crippen LogP contribution in [0.4, 0.5) is 11.6 Å². The Hall–Kier alpha value is -2.06. The largest absolute Gasteiger partial charge is 0.377 e. The van der Waals surface area contributed by atoms with E-state index in [1.54, 1.807) is 31.0 Å². The molecule has 3 heterocycles. The van der Waals surface area contributed by atoms with Crippen LogP contribution in [0.1, 0.15) is 6.92 Å². The van der Waals surface area contributed by atoms with E-state index in [9.17, 15) is 4.21 Å². The van der Waals surface area contributed by atoms with Crippen molar-refractivity contribution in [2.45, 2.75) is 13.0 Å². The van der Waals surface area contributed by atoms with Crippen molar-refractivity contribution < 1.29 is 8.95 Å². The average molecular weight is 347 g/mol. The summed E-state index contributed by atoms with van der Waals surface area (Å²) >= 11 is 0. The zero-order chi connectivity index (χ0) is 17.2. The number of ether oxygens (including phenoxy) is 1. The third-order valence-electron chi connectivity index (χ3n) is 3.59. The molecule has 7 nitrogen and oxygen atoms in total. The second-order valence-electron chi connectivity index (χ2n) is 6.04. The van der Waals surface area contributed by atoms with E-state index in [4.69, 9.17) is 4.74 Å². The first-order valence-electron chi connectivity index (χ1n) is 7.73. The molecule has 0 bridgehead atoms. The van der Waals surface area contributed by atoms with Crippen molar-refractivity contribution in [3.8, 4) is 11.4 Å². The minimum Gasteiger partial charge on any atom is -0.377 e. The molecule has 2 aromatic heterocycles. The quantitative estimate of drug-likeness (QED) is 0.846. The summed E-state index contributed by atoms with van der Waals surface area (Å²) in [5, 5.41) is 0. The van der Waals surface area contributed by atoms with Crippen LogP contribution in [-0.2, 0) is 14.5 Å². The van der Waals surface area contributed by atoms with Crippen LogP contribution < -0.4 is 4.90 Å². The Morgan fingerprint density at radius 3 is 2.88 bits per heavy atom. The van der Waals surface area contributed by atoms with Crippen LogP contribution in [0.3, 0.4) is 0 Å². The van der Waals surface area contributed by atoms with Crippen molar-refractivity contribution in [2.24, 2.45) is 4.36 Å². The van der Waals surface area contributed by atoms with Crippen LogP contribution in [0.5, 0.6) is 0 Å². The van der Waals surface area contributed by atoms with Gasteiger partial charge in [0.1, 0.15) is 5.82 Å². The van der Waals surface area contributed by atoms with Gasteiger partial charge in [0, 0.05) is 52.8 Å². The maximum absolute atomic E-state index is 12.1. The molecule has 1 aliphatic rings. The minimum absolute atomic E-state index is 0.204. The maximum Gasteiger partial charge on any atom is 0.167 e. The van der Waals surface area contributed by atoms with E-state index in [2.05, 4.69) is 31.1 Å². The van der Waals surface area contributed by atoms with Gasteiger partial charge in [-0.25, -0.2) is 14.2 Å². The van der Waals surface area contributed by atoms with Gasteiger partial charge < -0.3 is 9.64 Å². The van der Waals surface area contributed by atoms with Crippen molar-refractivity contribution in [1.29, 1.82) is 0 Å². The maximum atomic E-state index is 12.1. The van der Waals surface area contributed by atoms with Gasteiger partial charge in [0.25, 0.3) is 0 Å². The number of anilines is 1. The molecule has 0 aromatic carbocycles. The molecule has 24 heavy (non-hydrogen) atoms. The number of hydrogen-bond acceptors (Lipinski definition) is 7. The molecule has 8 heteroatoms. The lowest BCUT2D eigenvalue weighted by atomic mass is 10.2. The highest BCUT2D eigenvalue weighted by molar-refractivity contribution is 7.92. The SMILES string of the molecule is C[C@@H]1COCCN1c1cc(N=S(C)(C)=O)nc(-c2cccnc2)n1. The molecular weight excluding hydrogens is 326 g/mol. The van der Waals surface area contributed by atoms with Gasteiger partial charge in [-0.05, 0) is 19.1 Å². The first-order chi connectivity index (χ1) is 11.4. The normalized spacial score (nSPS) is 18.5. The van der Waals surface area contributed by atoms with E-state index in [1.165, 1.54) is 0 Å². The Morgan fingerprint density at radius 2 is 2.21 bits per heavy atom. The summed E-state index contributed by atoms with van der Waals surface area (Å²) in [6.07, 6.45) is 6.60. The summed E-state index contributed by atoms with van der Waals surface area (Å²) in [5.41, 5.74) is 0.801. The Bertz CT molecular complexity index is 826. The standard InChI is InChI=1S/C16H21N5O2S/c1-12-11-23-8-7-21(12)15-9-14(20-24(2,3)22)18-16(19-15)13-5-4-6-17-10-13/h4-6,9-10,12H,7-8,11H2,1-3H3/t12-/m1/s1. The van der Waals surface area contributed by atoms with Crippen molar-refractivity contribution in [1.82, 2.24) is 15.0 Å². The highest BCUT2D eigenvalue weighted by atomic mass is 32.2. The zero-order valence-corrected chi connectivity index (χ0v) is 14.9. The van der Waals surface area contributed by atoms with Crippen LogP contribution in [0.25, 0.3) is 11.4 Å². The van der Waals surface area contributed by atoms with Gasteiger partial charge in [-0.1, -0.05) is 0 Å². The molecule has 0 aliphatic carbocycles. The monoisotopic (exact) mass is 347 g/mol. The summed E-state index contributed by atoms with van der Waals surface area (Å²) in [5.74, 6) is 1.72. The van der Waals surface area contributed by atoms with E-state index in [0.29, 0.717) is 24.9 Å². The lowest BCUT2D eigenvalue weighted by Crippen LogP contribution is -2.44. The van der Waals surface area contributed by atoms with Gasteiger partial charge in [0.15, 0.2) is 11.6 Å². The van der Waals surface area contributed by atoms with Gasteiger partial charge in [-0.2, -0.15) is 4.36 Å². The van der Waals surface area contributed by atoms with Gasteiger partial charge in [-0.3, -0.25) is 4.98 Å². The molecule has 1 saturated heterocycles. The van der Waals surface area contributed by atoms with Gasteiger partial charge in [0.2, 0.25) is 0 Å². The number of pyridine rings is 1. The van der Waals surface area contributed by atoms with Gasteiger partial charge in [0.05, 0.1) is 19.3 Å². The predicted octanol–water partition coefficient (Wildman–Crippen LogP) is 2.12. The molecule has 0 spiro atoms. The van der Waals surface area contributed by atoms with E-state index < -0.39 is 9.73 Å². The van der Waals surface area contributed by atoms with Crippen LogP contribution in [-0.4, -0.2) is 57.5 Å². The first kappa shape index (κ1) is 16.8. The van der Waals surface area contributed by atoms with Gasteiger partial charge >= 0.3 is 0 Å². The molecular formula is C16H21N5O2S. The number of aromatic nitrogens is 3. The van der Waals surface area contributed by atoms with Crippen molar-refractivity contribution in [3.05, 3.63) is 30.6 Å². The molecule has 0 radical (unpaired) electrons. The first-order valence-corrected chi connectivity index (χ1v) is 10.1. The fourth-order valence-corrected chi connectivity index (χ4v) is 3.08. The van der Waals surface area contributed by atoms with E-state index >= 15 is 0 Å². The summed E-state index contributed by atoms with van der Waals surface area (Å²) in [7, 11) is -2.31. The fraction of sp³-hybridized carbons (Fsp3) is 0.438. The summed E-state index contributed by atoms with van der Waals surface area (Å²) in [6, 6.07) is 5.72. The molecule has 0 saturated carbocycles. The Morgan fingerprint density at radius 1 is 1.38 bits per heavy atom. The van der Waals surface area contributed by atoms with Crippen molar-refractivity contribution in [2.75, 3.05) is 37.2 Å². The minimum atomic E-state index is -2.31. The highest BCUT2D eigenvalue weighted by Crippen LogP contribution is 2.26. The fourth-order valence-electron chi connectivity index (χ4n) is 2.53. The van der Waals surface area contributed by atoms with Crippen molar-refractivity contribution in [3.63, 3.8) is 0 Å². The van der Waals surface area contributed by atoms with Crippen LogP contribution in [0.15, 0.2) is 35.0 Å².